The Balaban J connectivity index is 2.09. The van der Waals surface area contributed by atoms with Crippen LogP contribution < -0.4 is 0 Å². The predicted molar refractivity (Wildman–Crippen MR) is 93.0 cm³/mol. The molecule has 0 aromatic heterocycles. The van der Waals surface area contributed by atoms with E-state index < -0.39 is 23.2 Å². The molecule has 0 radical (unpaired) electrons. The number of rotatable bonds is 3. The molecule has 0 aromatic carbocycles. The number of fused-ring (bicyclic) bond motifs is 3. The summed E-state index contributed by atoms with van der Waals surface area (Å²) in [5.74, 6) is -2.20. The zero-order valence-electron chi connectivity index (χ0n) is 16.1. The van der Waals surface area contributed by atoms with E-state index in [-0.39, 0.29) is 35.1 Å². The molecular formula is C20H30O6. The van der Waals surface area contributed by atoms with E-state index in [1.807, 2.05) is 6.92 Å². The zero-order chi connectivity index (χ0) is 19.3. The lowest BCUT2D eigenvalue weighted by molar-refractivity contribution is -0.169. The van der Waals surface area contributed by atoms with Crippen LogP contribution in [-0.2, 0) is 23.9 Å². The molecule has 0 bridgehead atoms. The van der Waals surface area contributed by atoms with Gasteiger partial charge in [-0.3, -0.25) is 14.4 Å². The van der Waals surface area contributed by atoms with Crippen molar-refractivity contribution in [3.8, 4) is 0 Å². The van der Waals surface area contributed by atoms with E-state index in [1.54, 1.807) is 0 Å². The zero-order valence-corrected chi connectivity index (χ0v) is 16.1. The number of ether oxygens (including phenoxy) is 2. The van der Waals surface area contributed by atoms with Crippen molar-refractivity contribution in [1.29, 1.82) is 0 Å². The fourth-order valence-corrected chi connectivity index (χ4v) is 6.90. The summed E-state index contributed by atoms with van der Waals surface area (Å²) >= 11 is 0. The SMILES string of the molecule is COC(=O)[C@H]1C2C[C@@H](C(=O)O)CCC2[C@]2(C)CCC[C@@](C)(C(=O)OC)[C@@H]12. The molecule has 3 aliphatic carbocycles. The number of esters is 2. The van der Waals surface area contributed by atoms with Gasteiger partial charge in [-0.2, -0.15) is 0 Å². The lowest BCUT2D eigenvalue weighted by atomic mass is 9.53. The van der Waals surface area contributed by atoms with Crippen LogP contribution in [-0.4, -0.2) is 37.2 Å². The Morgan fingerprint density at radius 2 is 1.73 bits per heavy atom. The fourth-order valence-electron chi connectivity index (χ4n) is 6.90. The number of carboxylic acid groups (broad SMARTS) is 1. The van der Waals surface area contributed by atoms with E-state index in [1.165, 1.54) is 14.2 Å². The van der Waals surface area contributed by atoms with Gasteiger partial charge in [0.25, 0.3) is 0 Å². The average molecular weight is 366 g/mol. The molecule has 1 N–H and O–H groups in total. The Morgan fingerprint density at radius 3 is 2.31 bits per heavy atom. The molecule has 3 aliphatic rings. The molecule has 0 aromatic rings. The van der Waals surface area contributed by atoms with Crippen LogP contribution in [0, 0.1) is 40.4 Å². The van der Waals surface area contributed by atoms with Gasteiger partial charge in [0.05, 0.1) is 31.5 Å². The van der Waals surface area contributed by atoms with Crippen molar-refractivity contribution in [2.24, 2.45) is 40.4 Å². The highest BCUT2D eigenvalue weighted by Crippen LogP contribution is 2.69. The number of carbonyl (C=O) groups is 3. The molecular weight excluding hydrogens is 336 g/mol. The standard InChI is InChI=1S/C20H30O6/c1-19-8-5-9-20(2,18(24)26-4)15(19)14(17(23)25-3)12-10-11(16(21)22)6-7-13(12)19/h11-15H,5-10H2,1-4H3,(H,21,22)/t11-,12?,13?,14-,15-,19-,20+/m0/s1. The molecule has 26 heavy (non-hydrogen) atoms. The van der Waals surface area contributed by atoms with Gasteiger partial charge in [0.15, 0.2) is 0 Å². The normalized spacial score (nSPS) is 44.5. The van der Waals surface area contributed by atoms with E-state index >= 15 is 0 Å². The van der Waals surface area contributed by atoms with Crippen LogP contribution in [0.4, 0.5) is 0 Å². The van der Waals surface area contributed by atoms with Crippen LogP contribution in [0.5, 0.6) is 0 Å². The molecule has 3 fully saturated rings. The van der Waals surface area contributed by atoms with Crippen LogP contribution in [0.2, 0.25) is 0 Å². The van der Waals surface area contributed by atoms with Crippen molar-refractivity contribution >= 4 is 17.9 Å². The third-order valence-corrected chi connectivity index (χ3v) is 7.85. The molecule has 7 atom stereocenters. The smallest absolute Gasteiger partial charge is 0.311 e. The van der Waals surface area contributed by atoms with Crippen molar-refractivity contribution in [2.45, 2.75) is 52.4 Å². The van der Waals surface area contributed by atoms with Gasteiger partial charge in [0.1, 0.15) is 0 Å². The van der Waals surface area contributed by atoms with Gasteiger partial charge in [-0.05, 0) is 62.2 Å². The number of hydrogen-bond acceptors (Lipinski definition) is 5. The highest BCUT2D eigenvalue weighted by Gasteiger charge is 2.68. The maximum Gasteiger partial charge on any atom is 0.311 e. The summed E-state index contributed by atoms with van der Waals surface area (Å²) in [7, 11) is 2.78. The second kappa shape index (κ2) is 6.54. The van der Waals surface area contributed by atoms with E-state index in [2.05, 4.69) is 6.92 Å². The minimum Gasteiger partial charge on any atom is -0.481 e. The van der Waals surface area contributed by atoms with Crippen molar-refractivity contribution in [3.05, 3.63) is 0 Å². The maximum absolute atomic E-state index is 12.8. The molecule has 3 saturated carbocycles. The average Bonchev–Trinajstić information content (AvgIpc) is 2.90. The first-order valence-corrected chi connectivity index (χ1v) is 9.59. The quantitative estimate of drug-likeness (QED) is 0.773. The number of methoxy groups -OCH3 is 2. The van der Waals surface area contributed by atoms with Gasteiger partial charge >= 0.3 is 17.9 Å². The third-order valence-electron chi connectivity index (χ3n) is 7.85. The largest absolute Gasteiger partial charge is 0.481 e. The van der Waals surface area contributed by atoms with Crippen LogP contribution >= 0.6 is 0 Å². The maximum atomic E-state index is 12.8. The summed E-state index contributed by atoms with van der Waals surface area (Å²) in [4.78, 5) is 37.1. The summed E-state index contributed by atoms with van der Waals surface area (Å²) in [6.07, 6.45) is 4.48. The second-order valence-electron chi connectivity index (χ2n) is 8.91. The molecule has 0 amide bonds. The lowest BCUT2D eigenvalue weighted by Gasteiger charge is -2.50. The van der Waals surface area contributed by atoms with E-state index in [0.29, 0.717) is 19.3 Å². The molecule has 0 saturated heterocycles. The highest BCUT2D eigenvalue weighted by atomic mass is 16.5. The van der Waals surface area contributed by atoms with Crippen LogP contribution in [0.15, 0.2) is 0 Å². The number of hydrogen-bond donors (Lipinski definition) is 1. The van der Waals surface area contributed by atoms with Gasteiger partial charge in [0.2, 0.25) is 0 Å². The van der Waals surface area contributed by atoms with Gasteiger partial charge in [-0.15, -0.1) is 0 Å². The number of carbonyl (C=O) groups excluding carboxylic acids is 2. The van der Waals surface area contributed by atoms with Gasteiger partial charge in [-0.25, -0.2) is 0 Å². The molecule has 6 heteroatoms. The third kappa shape index (κ3) is 2.55. The van der Waals surface area contributed by atoms with E-state index in [4.69, 9.17) is 9.47 Å². The van der Waals surface area contributed by atoms with Gasteiger partial charge in [0, 0.05) is 0 Å². The first kappa shape index (κ1) is 19.2. The van der Waals surface area contributed by atoms with Crippen molar-refractivity contribution in [3.63, 3.8) is 0 Å². The Hall–Kier alpha value is -1.59. The van der Waals surface area contributed by atoms with Crippen LogP contribution in [0.1, 0.15) is 52.4 Å². The minimum atomic E-state index is -0.789. The van der Waals surface area contributed by atoms with Gasteiger partial charge < -0.3 is 14.6 Å². The van der Waals surface area contributed by atoms with Gasteiger partial charge in [-0.1, -0.05) is 13.3 Å². The molecule has 6 nitrogen and oxygen atoms in total. The molecule has 2 unspecified atom stereocenters. The summed E-state index contributed by atoms with van der Waals surface area (Å²) < 4.78 is 10.3. The summed E-state index contributed by atoms with van der Waals surface area (Å²) in [5, 5.41) is 9.50. The second-order valence-corrected chi connectivity index (χ2v) is 8.91. The molecule has 0 aliphatic heterocycles. The summed E-state index contributed by atoms with van der Waals surface area (Å²) in [5.41, 5.74) is -0.912. The Bertz CT molecular complexity index is 615. The topological polar surface area (TPSA) is 89.9 Å². The van der Waals surface area contributed by atoms with Crippen LogP contribution in [0.3, 0.4) is 0 Å². The minimum absolute atomic E-state index is 0.0469. The lowest BCUT2D eigenvalue weighted by Crippen LogP contribution is -2.51. The molecule has 3 rings (SSSR count). The van der Waals surface area contributed by atoms with Crippen molar-refractivity contribution in [2.75, 3.05) is 14.2 Å². The number of carboxylic acids is 1. The summed E-state index contributed by atoms with van der Waals surface area (Å²) in [6, 6.07) is 0. The Labute approximate surface area is 154 Å². The first-order chi connectivity index (χ1) is 12.2. The fraction of sp³-hybridized carbons (Fsp3) is 0.850. The monoisotopic (exact) mass is 366 g/mol. The Morgan fingerprint density at radius 1 is 1.04 bits per heavy atom. The van der Waals surface area contributed by atoms with E-state index in [0.717, 1.165) is 19.3 Å². The Kier molecular flexibility index (Phi) is 4.82. The molecule has 0 spiro atoms. The van der Waals surface area contributed by atoms with Crippen molar-refractivity contribution < 1.29 is 29.0 Å². The van der Waals surface area contributed by atoms with Crippen LogP contribution in [0.25, 0.3) is 0 Å². The highest BCUT2D eigenvalue weighted by molar-refractivity contribution is 5.81. The molecule has 0 heterocycles. The summed E-state index contributed by atoms with van der Waals surface area (Å²) in [6.45, 7) is 4.11. The van der Waals surface area contributed by atoms with Crippen molar-refractivity contribution in [1.82, 2.24) is 0 Å². The number of aliphatic carboxylic acids is 1. The molecule has 146 valence electrons. The first-order valence-electron chi connectivity index (χ1n) is 9.59. The predicted octanol–water partition coefficient (Wildman–Crippen LogP) is 2.89. The van der Waals surface area contributed by atoms with E-state index in [9.17, 15) is 19.5 Å².